The molecule has 2 aromatic carbocycles. The van der Waals surface area contributed by atoms with Crippen molar-refractivity contribution in [3.05, 3.63) is 82.4 Å². The number of amides is 1. The number of benzene rings is 2. The van der Waals surface area contributed by atoms with Crippen molar-refractivity contribution in [3.63, 3.8) is 0 Å². The van der Waals surface area contributed by atoms with Crippen LogP contribution in [0.15, 0.2) is 65.6 Å². The van der Waals surface area contributed by atoms with Gasteiger partial charge in [0, 0.05) is 31.2 Å². The lowest BCUT2D eigenvalue weighted by Gasteiger charge is -2.13. The number of aryl methyl sites for hydroxylation is 1. The summed E-state index contributed by atoms with van der Waals surface area (Å²) < 4.78 is 2.91. The van der Waals surface area contributed by atoms with E-state index < -0.39 is 0 Å². The summed E-state index contributed by atoms with van der Waals surface area (Å²) in [5.74, 6) is 0.223. The SMILES string of the molecule is Cc1nn(CC(=O)Nc2ccnn2Cc2ccc(N(C)C)cc2)c(=O)c2ccccc12. The molecule has 158 valence electrons. The van der Waals surface area contributed by atoms with E-state index in [1.54, 1.807) is 29.1 Å². The van der Waals surface area contributed by atoms with Gasteiger partial charge in [-0.1, -0.05) is 30.3 Å². The molecular formula is C23H24N6O2. The van der Waals surface area contributed by atoms with Gasteiger partial charge in [-0.2, -0.15) is 10.2 Å². The van der Waals surface area contributed by atoms with Crippen molar-refractivity contribution in [1.82, 2.24) is 19.6 Å². The molecule has 31 heavy (non-hydrogen) atoms. The molecule has 8 heteroatoms. The van der Waals surface area contributed by atoms with Crippen molar-refractivity contribution in [2.75, 3.05) is 24.3 Å². The maximum atomic E-state index is 12.7. The van der Waals surface area contributed by atoms with Crippen LogP contribution in [0.1, 0.15) is 11.3 Å². The zero-order valence-electron chi connectivity index (χ0n) is 17.7. The highest BCUT2D eigenvalue weighted by Crippen LogP contribution is 2.15. The molecule has 1 N–H and O–H groups in total. The van der Waals surface area contributed by atoms with E-state index >= 15 is 0 Å². The van der Waals surface area contributed by atoms with E-state index in [0.717, 1.165) is 16.6 Å². The molecule has 0 unspecified atom stereocenters. The van der Waals surface area contributed by atoms with Crippen LogP contribution in [-0.4, -0.2) is 39.6 Å². The van der Waals surface area contributed by atoms with E-state index in [1.165, 1.54) is 4.68 Å². The number of nitrogens with zero attached hydrogens (tertiary/aromatic N) is 5. The van der Waals surface area contributed by atoms with Gasteiger partial charge in [-0.3, -0.25) is 9.59 Å². The molecule has 0 bridgehead atoms. The third-order valence-electron chi connectivity index (χ3n) is 5.11. The summed E-state index contributed by atoms with van der Waals surface area (Å²) >= 11 is 0. The topological polar surface area (TPSA) is 85.1 Å². The number of anilines is 2. The first-order chi connectivity index (χ1) is 14.9. The van der Waals surface area contributed by atoms with Crippen LogP contribution in [0.3, 0.4) is 0 Å². The summed E-state index contributed by atoms with van der Waals surface area (Å²) in [5, 5.41) is 12.8. The number of hydrogen-bond donors (Lipinski definition) is 1. The molecular weight excluding hydrogens is 392 g/mol. The van der Waals surface area contributed by atoms with Crippen LogP contribution in [0.4, 0.5) is 11.5 Å². The molecule has 0 saturated heterocycles. The standard InChI is InChI=1S/C23H24N6O2/c1-16-19-6-4-5-7-20(19)23(31)29(26-16)15-22(30)25-21-12-13-24-28(21)14-17-8-10-18(11-9-17)27(2)3/h4-13H,14-15H2,1-3H3,(H,25,30). The Balaban J connectivity index is 1.49. The smallest absolute Gasteiger partial charge is 0.275 e. The second-order valence-electron chi connectivity index (χ2n) is 7.58. The van der Waals surface area contributed by atoms with Crippen molar-refractivity contribution in [3.8, 4) is 0 Å². The Bertz CT molecular complexity index is 1290. The molecule has 0 fully saturated rings. The molecule has 0 spiro atoms. The number of carbonyl (C=O) groups is 1. The lowest BCUT2D eigenvalue weighted by molar-refractivity contribution is -0.117. The Morgan fingerprint density at radius 2 is 1.71 bits per heavy atom. The predicted molar refractivity (Wildman–Crippen MR) is 121 cm³/mol. The Labute approximate surface area is 179 Å². The maximum absolute atomic E-state index is 12.7. The number of carbonyl (C=O) groups excluding carboxylic acids is 1. The van der Waals surface area contributed by atoms with Gasteiger partial charge < -0.3 is 10.2 Å². The fraction of sp³-hybridized carbons (Fsp3) is 0.217. The van der Waals surface area contributed by atoms with Crippen molar-refractivity contribution in [2.24, 2.45) is 0 Å². The van der Waals surface area contributed by atoms with Crippen LogP contribution in [0, 0.1) is 6.92 Å². The van der Waals surface area contributed by atoms with Gasteiger partial charge in [0.15, 0.2) is 0 Å². The Hall–Kier alpha value is -3.94. The Kier molecular flexibility index (Phi) is 5.53. The lowest BCUT2D eigenvalue weighted by atomic mass is 10.1. The first-order valence-corrected chi connectivity index (χ1v) is 9.97. The molecule has 0 aliphatic heterocycles. The normalized spacial score (nSPS) is 10.9. The number of fused-ring (bicyclic) bond motifs is 1. The minimum atomic E-state index is -0.339. The fourth-order valence-corrected chi connectivity index (χ4v) is 3.47. The third kappa shape index (κ3) is 4.32. The van der Waals surface area contributed by atoms with Gasteiger partial charge in [0.05, 0.1) is 23.8 Å². The summed E-state index contributed by atoms with van der Waals surface area (Å²) in [6, 6.07) is 17.1. The van der Waals surface area contributed by atoms with Gasteiger partial charge in [0.1, 0.15) is 12.4 Å². The zero-order valence-corrected chi connectivity index (χ0v) is 17.7. The third-order valence-corrected chi connectivity index (χ3v) is 5.11. The van der Waals surface area contributed by atoms with Crippen molar-refractivity contribution < 1.29 is 4.79 Å². The number of aromatic nitrogens is 4. The first-order valence-electron chi connectivity index (χ1n) is 9.97. The maximum Gasteiger partial charge on any atom is 0.275 e. The minimum absolute atomic E-state index is 0.173. The van der Waals surface area contributed by atoms with Gasteiger partial charge in [0.25, 0.3) is 5.56 Å². The van der Waals surface area contributed by atoms with E-state index in [1.807, 2.05) is 62.3 Å². The summed E-state index contributed by atoms with van der Waals surface area (Å²) in [6.07, 6.45) is 1.63. The van der Waals surface area contributed by atoms with Gasteiger partial charge in [-0.15, -0.1) is 0 Å². The van der Waals surface area contributed by atoms with Crippen LogP contribution in [0.25, 0.3) is 10.8 Å². The molecule has 0 aliphatic carbocycles. The Morgan fingerprint density at radius 1 is 1.00 bits per heavy atom. The predicted octanol–water partition coefficient (Wildman–Crippen LogP) is 2.65. The largest absolute Gasteiger partial charge is 0.378 e. The van der Waals surface area contributed by atoms with Crippen molar-refractivity contribution in [2.45, 2.75) is 20.0 Å². The zero-order chi connectivity index (χ0) is 22.0. The minimum Gasteiger partial charge on any atom is -0.378 e. The van der Waals surface area contributed by atoms with Gasteiger partial charge in [0.2, 0.25) is 5.91 Å². The number of rotatable bonds is 6. The second kappa shape index (κ2) is 8.43. The summed E-state index contributed by atoms with van der Waals surface area (Å²) in [5.41, 5.74) is 2.59. The monoisotopic (exact) mass is 416 g/mol. The molecule has 0 atom stereocenters. The lowest BCUT2D eigenvalue weighted by Crippen LogP contribution is -2.30. The van der Waals surface area contributed by atoms with Crippen LogP contribution >= 0.6 is 0 Å². The van der Waals surface area contributed by atoms with E-state index in [2.05, 4.69) is 15.5 Å². The highest BCUT2D eigenvalue weighted by Gasteiger charge is 2.13. The molecule has 4 aromatic rings. The van der Waals surface area contributed by atoms with Gasteiger partial charge in [-0.05, 0) is 30.7 Å². The van der Waals surface area contributed by atoms with Crippen LogP contribution in [-0.2, 0) is 17.9 Å². The van der Waals surface area contributed by atoms with Crippen molar-refractivity contribution >= 4 is 28.2 Å². The molecule has 4 rings (SSSR count). The molecule has 0 aliphatic rings. The van der Waals surface area contributed by atoms with Crippen LogP contribution in [0.5, 0.6) is 0 Å². The van der Waals surface area contributed by atoms with Gasteiger partial charge in [-0.25, -0.2) is 9.36 Å². The average Bonchev–Trinajstić information content (AvgIpc) is 3.18. The number of hydrogen-bond acceptors (Lipinski definition) is 5. The summed E-state index contributed by atoms with van der Waals surface area (Å²) in [6.45, 7) is 2.17. The first kappa shape index (κ1) is 20.3. The molecule has 0 radical (unpaired) electrons. The van der Waals surface area contributed by atoms with E-state index in [-0.39, 0.29) is 18.0 Å². The second-order valence-corrected chi connectivity index (χ2v) is 7.58. The molecule has 2 heterocycles. The highest BCUT2D eigenvalue weighted by atomic mass is 16.2. The van der Waals surface area contributed by atoms with E-state index in [0.29, 0.717) is 23.4 Å². The van der Waals surface area contributed by atoms with Gasteiger partial charge >= 0.3 is 0 Å². The van der Waals surface area contributed by atoms with Crippen LogP contribution in [0.2, 0.25) is 0 Å². The van der Waals surface area contributed by atoms with Crippen LogP contribution < -0.4 is 15.8 Å². The number of nitrogens with one attached hydrogen (secondary N) is 1. The molecule has 8 nitrogen and oxygen atoms in total. The highest BCUT2D eigenvalue weighted by molar-refractivity contribution is 5.90. The molecule has 1 amide bonds. The average molecular weight is 416 g/mol. The van der Waals surface area contributed by atoms with E-state index in [4.69, 9.17) is 0 Å². The fourth-order valence-electron chi connectivity index (χ4n) is 3.47. The summed E-state index contributed by atoms with van der Waals surface area (Å²) in [4.78, 5) is 27.4. The van der Waals surface area contributed by atoms with Crippen molar-refractivity contribution in [1.29, 1.82) is 0 Å². The summed E-state index contributed by atoms with van der Waals surface area (Å²) in [7, 11) is 3.99. The van der Waals surface area contributed by atoms with E-state index in [9.17, 15) is 9.59 Å². The quantitative estimate of drug-likeness (QED) is 0.522. The molecule has 2 aromatic heterocycles. The Morgan fingerprint density at radius 3 is 2.42 bits per heavy atom. The molecule has 0 saturated carbocycles.